The molecule has 0 amide bonds. The summed E-state index contributed by atoms with van der Waals surface area (Å²) in [4.78, 5) is 29.6. The van der Waals surface area contributed by atoms with Gasteiger partial charge in [-0.3, -0.25) is 9.36 Å². The van der Waals surface area contributed by atoms with E-state index in [4.69, 9.17) is 0 Å². The lowest BCUT2D eigenvalue weighted by atomic mass is 10.1. The van der Waals surface area contributed by atoms with Crippen LogP contribution in [0.15, 0.2) is 47.4 Å². The summed E-state index contributed by atoms with van der Waals surface area (Å²) in [5.41, 5.74) is 5.41. The molecule has 1 N–H and O–H groups in total. The summed E-state index contributed by atoms with van der Waals surface area (Å²) >= 11 is 0. The lowest BCUT2D eigenvalue weighted by molar-refractivity contribution is -0.135. The maximum atomic E-state index is 13.6. The average molecular weight is 418 g/mol. The highest BCUT2D eigenvalue weighted by Crippen LogP contribution is 2.26. The highest BCUT2D eigenvalue weighted by molar-refractivity contribution is 5.87. The molecule has 0 aliphatic carbocycles. The van der Waals surface area contributed by atoms with Crippen molar-refractivity contribution in [2.45, 2.75) is 40.2 Å². The average Bonchev–Trinajstić information content (AvgIpc) is 3.16. The molecule has 0 saturated carbocycles. The first kappa shape index (κ1) is 20.7. The zero-order chi connectivity index (χ0) is 22.3. The van der Waals surface area contributed by atoms with E-state index < -0.39 is 5.97 Å². The second kappa shape index (κ2) is 7.91. The van der Waals surface area contributed by atoms with Gasteiger partial charge >= 0.3 is 11.7 Å². The van der Waals surface area contributed by atoms with Crippen LogP contribution in [-0.2, 0) is 18.4 Å². The molecule has 0 fully saturated rings. The summed E-state index contributed by atoms with van der Waals surface area (Å²) in [7, 11) is 2.00. The Morgan fingerprint density at radius 3 is 2.65 bits per heavy atom. The number of aromatic nitrogens is 4. The van der Waals surface area contributed by atoms with Crippen molar-refractivity contribution in [2.75, 3.05) is 0 Å². The number of allylic oxidation sites excluding steroid dienone is 1. The van der Waals surface area contributed by atoms with Crippen molar-refractivity contribution in [3.63, 3.8) is 0 Å². The van der Waals surface area contributed by atoms with Gasteiger partial charge in [-0.05, 0) is 49.6 Å². The smallest absolute Gasteiger partial charge is 0.335 e. The first-order valence-electron chi connectivity index (χ1n) is 10.4. The molecule has 7 nitrogen and oxygen atoms in total. The Hall–Kier alpha value is -3.61. The number of nitrogens with zero attached hydrogens (tertiary/aromatic N) is 4. The second-order valence-electron chi connectivity index (χ2n) is 7.91. The Morgan fingerprint density at radius 1 is 1.16 bits per heavy atom. The number of carboxylic acid groups (broad SMARTS) is 1. The molecular formula is C24H26N4O3. The SMILES string of the molecule is CC/C=C(\CC(=O)O)n1c(=O)n(Cc2cn(C)c3cccc(C)c23)c2ccc(C)nc21. The van der Waals surface area contributed by atoms with Gasteiger partial charge in [-0.25, -0.2) is 14.3 Å². The number of carbonyl (C=O) groups is 1. The van der Waals surface area contributed by atoms with Crippen molar-refractivity contribution in [3.8, 4) is 0 Å². The Balaban J connectivity index is 1.97. The molecule has 1 aromatic carbocycles. The monoisotopic (exact) mass is 418 g/mol. The molecule has 3 aromatic heterocycles. The molecule has 0 spiro atoms. The minimum Gasteiger partial charge on any atom is -0.481 e. The molecule has 0 atom stereocenters. The van der Waals surface area contributed by atoms with Crippen LogP contribution in [0.25, 0.3) is 27.8 Å². The number of imidazole rings is 1. The minimum absolute atomic E-state index is 0.240. The summed E-state index contributed by atoms with van der Waals surface area (Å²) < 4.78 is 5.21. The van der Waals surface area contributed by atoms with Gasteiger partial charge in [-0.15, -0.1) is 0 Å². The van der Waals surface area contributed by atoms with Crippen LogP contribution in [-0.4, -0.2) is 29.8 Å². The van der Waals surface area contributed by atoms with Crippen LogP contribution < -0.4 is 5.69 Å². The Morgan fingerprint density at radius 2 is 1.94 bits per heavy atom. The fourth-order valence-electron chi connectivity index (χ4n) is 4.29. The van der Waals surface area contributed by atoms with E-state index in [-0.39, 0.29) is 12.1 Å². The van der Waals surface area contributed by atoms with Gasteiger partial charge in [0.05, 0.1) is 18.5 Å². The van der Waals surface area contributed by atoms with Gasteiger partial charge in [0.2, 0.25) is 0 Å². The van der Waals surface area contributed by atoms with Gasteiger partial charge in [-0.2, -0.15) is 0 Å². The van der Waals surface area contributed by atoms with Crippen LogP contribution in [0.1, 0.15) is 36.6 Å². The number of benzene rings is 1. The zero-order valence-electron chi connectivity index (χ0n) is 18.2. The van der Waals surface area contributed by atoms with E-state index >= 15 is 0 Å². The maximum Gasteiger partial charge on any atom is 0.335 e. The standard InChI is InChI=1S/C24H26N4O3/c1-5-7-18(12-21(29)30)28-23-20(11-10-16(3)25-23)27(24(28)31)14-17-13-26(4)19-9-6-8-15(2)22(17)19/h6-11,13H,5,12,14H2,1-4H3,(H,29,30)/b18-7+. The molecule has 3 heterocycles. The second-order valence-corrected chi connectivity index (χ2v) is 7.91. The van der Waals surface area contributed by atoms with E-state index in [2.05, 4.69) is 34.8 Å². The van der Waals surface area contributed by atoms with Crippen molar-refractivity contribution < 1.29 is 9.90 Å². The summed E-state index contributed by atoms with van der Waals surface area (Å²) in [5.74, 6) is -0.982. The largest absolute Gasteiger partial charge is 0.481 e. The molecule has 0 radical (unpaired) electrons. The maximum absolute atomic E-state index is 13.6. The fourth-order valence-corrected chi connectivity index (χ4v) is 4.29. The Kier molecular flexibility index (Phi) is 5.27. The first-order valence-corrected chi connectivity index (χ1v) is 10.4. The Bertz CT molecular complexity index is 1400. The minimum atomic E-state index is -0.982. The normalized spacial score (nSPS) is 12.2. The quantitative estimate of drug-likeness (QED) is 0.512. The topological polar surface area (TPSA) is 82.0 Å². The summed E-state index contributed by atoms with van der Waals surface area (Å²) in [5, 5.41) is 10.5. The number of rotatable bonds is 6. The summed E-state index contributed by atoms with van der Waals surface area (Å²) in [6, 6.07) is 9.92. The van der Waals surface area contributed by atoms with Crippen LogP contribution in [0.5, 0.6) is 0 Å². The van der Waals surface area contributed by atoms with Crippen molar-refractivity contribution in [3.05, 3.63) is 69.9 Å². The molecule has 0 bridgehead atoms. The van der Waals surface area contributed by atoms with E-state index in [1.165, 1.54) is 4.57 Å². The molecule has 7 heteroatoms. The number of aliphatic carboxylic acids is 1. The van der Waals surface area contributed by atoms with Crippen molar-refractivity contribution in [1.29, 1.82) is 0 Å². The summed E-state index contributed by atoms with van der Waals surface area (Å²) in [6.07, 6.45) is 4.21. The lowest BCUT2D eigenvalue weighted by Gasteiger charge is -2.06. The van der Waals surface area contributed by atoms with Crippen LogP contribution in [0, 0.1) is 13.8 Å². The number of hydrogen-bond donors (Lipinski definition) is 1. The van der Waals surface area contributed by atoms with Crippen LogP contribution in [0.3, 0.4) is 0 Å². The molecule has 0 saturated heterocycles. The van der Waals surface area contributed by atoms with E-state index in [9.17, 15) is 14.7 Å². The molecule has 31 heavy (non-hydrogen) atoms. The number of pyridine rings is 1. The molecule has 0 aliphatic heterocycles. The predicted molar refractivity (Wildman–Crippen MR) is 122 cm³/mol. The van der Waals surface area contributed by atoms with Crippen LogP contribution in [0.4, 0.5) is 0 Å². The number of aryl methyl sites for hydroxylation is 3. The van der Waals surface area contributed by atoms with E-state index in [0.717, 1.165) is 27.7 Å². The van der Waals surface area contributed by atoms with Crippen molar-refractivity contribution >= 4 is 33.7 Å². The van der Waals surface area contributed by atoms with Crippen LogP contribution in [0.2, 0.25) is 0 Å². The molecule has 4 rings (SSSR count). The third kappa shape index (κ3) is 3.56. The highest BCUT2D eigenvalue weighted by Gasteiger charge is 2.20. The van der Waals surface area contributed by atoms with Gasteiger partial charge in [0.1, 0.15) is 0 Å². The van der Waals surface area contributed by atoms with Gasteiger partial charge in [0.15, 0.2) is 5.65 Å². The van der Waals surface area contributed by atoms with Gasteiger partial charge in [0.25, 0.3) is 0 Å². The molecular weight excluding hydrogens is 392 g/mol. The third-order valence-corrected chi connectivity index (χ3v) is 5.61. The molecule has 160 valence electrons. The molecule has 4 aromatic rings. The molecule has 0 unspecified atom stereocenters. The summed E-state index contributed by atoms with van der Waals surface area (Å²) in [6.45, 7) is 6.23. The van der Waals surface area contributed by atoms with Crippen molar-refractivity contribution in [1.82, 2.24) is 18.7 Å². The van der Waals surface area contributed by atoms with E-state index in [0.29, 0.717) is 29.8 Å². The van der Waals surface area contributed by atoms with E-state index in [1.54, 1.807) is 10.6 Å². The number of carboxylic acids is 1. The zero-order valence-corrected chi connectivity index (χ0v) is 18.2. The number of hydrogen-bond acceptors (Lipinski definition) is 3. The van der Waals surface area contributed by atoms with Gasteiger partial charge in [0, 0.05) is 35.5 Å². The third-order valence-electron chi connectivity index (χ3n) is 5.61. The van der Waals surface area contributed by atoms with Crippen molar-refractivity contribution in [2.24, 2.45) is 7.05 Å². The lowest BCUT2D eigenvalue weighted by Crippen LogP contribution is -2.25. The van der Waals surface area contributed by atoms with Gasteiger partial charge in [-0.1, -0.05) is 25.1 Å². The fraction of sp³-hybridized carbons (Fsp3) is 0.292. The van der Waals surface area contributed by atoms with Crippen LogP contribution >= 0.6 is 0 Å². The molecule has 0 aliphatic rings. The van der Waals surface area contributed by atoms with E-state index in [1.807, 2.05) is 39.1 Å². The van der Waals surface area contributed by atoms with Gasteiger partial charge < -0.3 is 9.67 Å². The Labute approximate surface area is 179 Å². The number of fused-ring (bicyclic) bond motifs is 2. The predicted octanol–water partition coefficient (Wildman–Crippen LogP) is 4.08. The first-order chi connectivity index (χ1) is 14.8. The highest BCUT2D eigenvalue weighted by atomic mass is 16.4.